The highest BCUT2D eigenvalue weighted by molar-refractivity contribution is 9.10. The van der Waals surface area contributed by atoms with Crippen molar-refractivity contribution in [1.29, 1.82) is 0 Å². The van der Waals surface area contributed by atoms with Crippen LogP contribution in [0.15, 0.2) is 27.6 Å². The molecular weight excluding hydrogens is 248 g/mol. The van der Waals surface area contributed by atoms with Crippen molar-refractivity contribution in [3.05, 3.63) is 28.2 Å². The molecule has 0 aromatic heterocycles. The Kier molecular flexibility index (Phi) is 4.84. The van der Waals surface area contributed by atoms with Gasteiger partial charge in [-0.05, 0) is 29.5 Å². The van der Waals surface area contributed by atoms with E-state index in [1.807, 2.05) is 11.8 Å². The monoisotopic (exact) mass is 260 g/mol. The highest BCUT2D eigenvalue weighted by Crippen LogP contribution is 2.25. The van der Waals surface area contributed by atoms with Crippen LogP contribution in [0, 0.1) is 0 Å². The summed E-state index contributed by atoms with van der Waals surface area (Å²) in [6.07, 6.45) is 0. The van der Waals surface area contributed by atoms with Crippen molar-refractivity contribution in [2.24, 2.45) is 0 Å². The topological polar surface area (TPSA) is 9.23 Å². The first kappa shape index (κ1) is 11.1. The van der Waals surface area contributed by atoms with Crippen LogP contribution in [0.25, 0.3) is 0 Å². The first-order valence-electron chi connectivity index (χ1n) is 4.18. The number of hydrogen-bond acceptors (Lipinski definition) is 2. The van der Waals surface area contributed by atoms with Crippen molar-refractivity contribution >= 4 is 27.7 Å². The lowest BCUT2D eigenvalue weighted by Crippen LogP contribution is -1.89. The maximum atomic E-state index is 5.10. The average Bonchev–Trinajstić information content (AvgIpc) is 2.12. The molecule has 0 bridgehead atoms. The van der Waals surface area contributed by atoms with Crippen LogP contribution in [0.4, 0.5) is 0 Å². The summed E-state index contributed by atoms with van der Waals surface area (Å²) in [5, 5.41) is 0. The summed E-state index contributed by atoms with van der Waals surface area (Å²) >= 11 is 5.34. The van der Waals surface area contributed by atoms with Crippen LogP contribution in [-0.4, -0.2) is 12.9 Å². The van der Waals surface area contributed by atoms with Gasteiger partial charge in [0.2, 0.25) is 0 Å². The van der Waals surface area contributed by atoms with Crippen LogP contribution in [0.3, 0.4) is 0 Å². The van der Waals surface area contributed by atoms with E-state index in [2.05, 4.69) is 41.1 Å². The van der Waals surface area contributed by atoms with Gasteiger partial charge in [0.25, 0.3) is 0 Å². The molecule has 0 heterocycles. The van der Waals surface area contributed by atoms with E-state index in [9.17, 15) is 0 Å². The van der Waals surface area contributed by atoms with Gasteiger partial charge in [-0.3, -0.25) is 0 Å². The van der Waals surface area contributed by atoms with Gasteiger partial charge in [0.1, 0.15) is 0 Å². The Hall–Kier alpha value is 0.01000. The van der Waals surface area contributed by atoms with Crippen LogP contribution in [0.1, 0.15) is 12.5 Å². The minimum atomic E-state index is 0.665. The van der Waals surface area contributed by atoms with Gasteiger partial charge in [-0.15, -0.1) is 11.8 Å². The predicted octanol–water partition coefficient (Wildman–Crippen LogP) is 3.71. The Labute approximate surface area is 92.0 Å². The summed E-state index contributed by atoms with van der Waals surface area (Å²) in [5.74, 6) is 1.11. The third-order valence-corrected chi connectivity index (χ3v) is 3.28. The van der Waals surface area contributed by atoms with Gasteiger partial charge in [0.15, 0.2) is 0 Å². The summed E-state index contributed by atoms with van der Waals surface area (Å²) in [6, 6.07) is 6.37. The molecule has 1 aromatic carbocycles. The van der Waals surface area contributed by atoms with Crippen molar-refractivity contribution in [2.75, 3.05) is 12.9 Å². The Bertz CT molecular complexity index is 276. The molecule has 0 saturated heterocycles. The van der Waals surface area contributed by atoms with Crippen molar-refractivity contribution < 1.29 is 4.74 Å². The SMILES string of the molecule is CCSc1ccc(Br)c(COC)c1. The third kappa shape index (κ3) is 3.33. The molecule has 3 heteroatoms. The van der Waals surface area contributed by atoms with Gasteiger partial charge in [0.05, 0.1) is 6.61 Å². The van der Waals surface area contributed by atoms with Gasteiger partial charge < -0.3 is 4.74 Å². The molecule has 0 N–H and O–H groups in total. The number of methoxy groups -OCH3 is 1. The van der Waals surface area contributed by atoms with Crippen LogP contribution in [0.5, 0.6) is 0 Å². The third-order valence-electron chi connectivity index (χ3n) is 1.63. The molecule has 0 amide bonds. The fourth-order valence-corrected chi connectivity index (χ4v) is 2.16. The summed E-state index contributed by atoms with van der Waals surface area (Å²) in [7, 11) is 1.71. The van der Waals surface area contributed by atoms with Crippen molar-refractivity contribution in [3.8, 4) is 0 Å². The zero-order chi connectivity index (χ0) is 9.68. The maximum absolute atomic E-state index is 5.10. The Balaban J connectivity index is 2.83. The molecular formula is C10H13BrOS. The van der Waals surface area contributed by atoms with E-state index in [0.29, 0.717) is 6.61 Å². The standard InChI is InChI=1S/C10H13BrOS/c1-3-13-9-4-5-10(11)8(6-9)7-12-2/h4-6H,3,7H2,1-2H3. The molecule has 0 atom stereocenters. The van der Waals surface area contributed by atoms with Crippen molar-refractivity contribution in [3.63, 3.8) is 0 Å². The molecule has 0 radical (unpaired) electrons. The molecule has 0 aliphatic carbocycles. The van der Waals surface area contributed by atoms with Crippen LogP contribution < -0.4 is 0 Å². The average molecular weight is 261 g/mol. The van der Waals surface area contributed by atoms with E-state index in [1.165, 1.54) is 10.5 Å². The number of rotatable bonds is 4. The second kappa shape index (κ2) is 5.68. The quantitative estimate of drug-likeness (QED) is 0.764. The fourth-order valence-electron chi connectivity index (χ4n) is 1.07. The fraction of sp³-hybridized carbons (Fsp3) is 0.400. The second-order valence-electron chi connectivity index (χ2n) is 2.62. The molecule has 0 fully saturated rings. The number of thioether (sulfide) groups is 1. The lowest BCUT2D eigenvalue weighted by molar-refractivity contribution is 0.184. The predicted molar refractivity (Wildman–Crippen MR) is 61.3 cm³/mol. The molecule has 13 heavy (non-hydrogen) atoms. The maximum Gasteiger partial charge on any atom is 0.0724 e. The minimum absolute atomic E-state index is 0.665. The lowest BCUT2D eigenvalue weighted by Gasteiger charge is -2.05. The van der Waals surface area contributed by atoms with E-state index in [4.69, 9.17) is 4.74 Å². The van der Waals surface area contributed by atoms with E-state index in [-0.39, 0.29) is 0 Å². The van der Waals surface area contributed by atoms with E-state index in [1.54, 1.807) is 7.11 Å². The van der Waals surface area contributed by atoms with Crippen LogP contribution in [0.2, 0.25) is 0 Å². The summed E-state index contributed by atoms with van der Waals surface area (Å²) in [6.45, 7) is 2.82. The Morgan fingerprint density at radius 2 is 2.23 bits per heavy atom. The number of ether oxygens (including phenoxy) is 1. The molecule has 1 rings (SSSR count). The number of benzene rings is 1. The van der Waals surface area contributed by atoms with Crippen molar-refractivity contribution in [2.45, 2.75) is 18.4 Å². The van der Waals surface area contributed by atoms with Gasteiger partial charge in [-0.25, -0.2) is 0 Å². The minimum Gasteiger partial charge on any atom is -0.380 e. The second-order valence-corrected chi connectivity index (χ2v) is 4.81. The van der Waals surface area contributed by atoms with Crippen LogP contribution >= 0.6 is 27.7 Å². The first-order valence-corrected chi connectivity index (χ1v) is 5.96. The zero-order valence-electron chi connectivity index (χ0n) is 7.84. The molecule has 0 spiro atoms. The molecule has 0 saturated carbocycles. The summed E-state index contributed by atoms with van der Waals surface area (Å²) in [4.78, 5) is 1.30. The Morgan fingerprint density at radius 3 is 2.85 bits per heavy atom. The first-order chi connectivity index (χ1) is 6.27. The van der Waals surface area contributed by atoms with Gasteiger partial charge in [0, 0.05) is 16.5 Å². The molecule has 0 aliphatic rings. The largest absolute Gasteiger partial charge is 0.380 e. The molecule has 1 nitrogen and oxygen atoms in total. The number of halogens is 1. The summed E-state index contributed by atoms with van der Waals surface area (Å²) < 4.78 is 6.22. The van der Waals surface area contributed by atoms with E-state index in [0.717, 1.165) is 10.2 Å². The Morgan fingerprint density at radius 1 is 1.46 bits per heavy atom. The smallest absolute Gasteiger partial charge is 0.0724 e. The summed E-state index contributed by atoms with van der Waals surface area (Å²) in [5.41, 5.74) is 1.21. The molecule has 72 valence electrons. The van der Waals surface area contributed by atoms with Gasteiger partial charge in [-0.2, -0.15) is 0 Å². The zero-order valence-corrected chi connectivity index (χ0v) is 10.2. The van der Waals surface area contributed by atoms with Gasteiger partial charge in [-0.1, -0.05) is 22.9 Å². The van der Waals surface area contributed by atoms with Crippen LogP contribution in [-0.2, 0) is 11.3 Å². The van der Waals surface area contributed by atoms with E-state index >= 15 is 0 Å². The normalized spacial score (nSPS) is 10.4. The molecule has 1 aromatic rings. The van der Waals surface area contributed by atoms with E-state index < -0.39 is 0 Å². The van der Waals surface area contributed by atoms with Gasteiger partial charge >= 0.3 is 0 Å². The molecule has 0 aliphatic heterocycles. The highest BCUT2D eigenvalue weighted by atomic mass is 79.9. The number of hydrogen-bond donors (Lipinski definition) is 0. The molecule has 0 unspecified atom stereocenters. The van der Waals surface area contributed by atoms with Crippen molar-refractivity contribution in [1.82, 2.24) is 0 Å². The lowest BCUT2D eigenvalue weighted by atomic mass is 10.2. The highest BCUT2D eigenvalue weighted by Gasteiger charge is 2.00.